The molecule has 0 aromatic heterocycles. The average Bonchev–Trinajstić information content (AvgIpc) is 2.58. The Bertz CT molecular complexity index is 800. The molecule has 128 valence electrons. The second-order valence-corrected chi connectivity index (χ2v) is 8.19. The molecule has 4 nitrogen and oxygen atoms in total. The second kappa shape index (κ2) is 6.95. The van der Waals surface area contributed by atoms with Crippen molar-refractivity contribution in [3.8, 4) is 11.5 Å². The van der Waals surface area contributed by atoms with Gasteiger partial charge in [0, 0.05) is 12.6 Å². The lowest BCUT2D eigenvalue weighted by atomic mass is 10.1. The fourth-order valence-electron chi connectivity index (χ4n) is 3.04. The first-order chi connectivity index (χ1) is 11.5. The molecule has 0 spiro atoms. The van der Waals surface area contributed by atoms with Gasteiger partial charge in [-0.3, -0.25) is 0 Å². The van der Waals surface area contributed by atoms with E-state index in [1.54, 1.807) is 28.6 Å². The molecule has 24 heavy (non-hydrogen) atoms. The van der Waals surface area contributed by atoms with Crippen molar-refractivity contribution < 1.29 is 13.2 Å². The predicted octanol–water partition coefficient (Wildman–Crippen LogP) is 4.35. The van der Waals surface area contributed by atoms with E-state index in [0.717, 1.165) is 30.6 Å². The third-order valence-corrected chi connectivity index (χ3v) is 6.52. The molecule has 0 aliphatic carbocycles. The van der Waals surface area contributed by atoms with Crippen molar-refractivity contribution in [2.75, 3.05) is 6.54 Å². The molecule has 5 heteroatoms. The van der Waals surface area contributed by atoms with Crippen LogP contribution in [-0.2, 0) is 10.0 Å². The number of aryl methyl sites for hydroxylation is 1. The summed E-state index contributed by atoms with van der Waals surface area (Å²) in [4.78, 5) is 0.327. The van der Waals surface area contributed by atoms with Gasteiger partial charge in [0.2, 0.25) is 10.0 Å². The highest BCUT2D eigenvalue weighted by Crippen LogP contribution is 2.28. The predicted molar refractivity (Wildman–Crippen MR) is 94.9 cm³/mol. The minimum atomic E-state index is -3.43. The molecule has 1 unspecified atom stereocenters. The Kier molecular flexibility index (Phi) is 4.92. The van der Waals surface area contributed by atoms with Gasteiger partial charge in [0.1, 0.15) is 11.5 Å². The van der Waals surface area contributed by atoms with Crippen LogP contribution in [0.4, 0.5) is 0 Å². The second-order valence-electron chi connectivity index (χ2n) is 6.30. The van der Waals surface area contributed by atoms with E-state index in [2.05, 4.69) is 0 Å². The van der Waals surface area contributed by atoms with Crippen LogP contribution in [0.3, 0.4) is 0 Å². The van der Waals surface area contributed by atoms with Gasteiger partial charge >= 0.3 is 0 Å². The van der Waals surface area contributed by atoms with Gasteiger partial charge in [0.15, 0.2) is 0 Å². The van der Waals surface area contributed by atoms with Crippen LogP contribution >= 0.6 is 0 Å². The molecular weight excluding hydrogens is 322 g/mol. The largest absolute Gasteiger partial charge is 0.457 e. The molecule has 0 saturated carbocycles. The highest BCUT2D eigenvalue weighted by molar-refractivity contribution is 7.89. The van der Waals surface area contributed by atoms with Crippen molar-refractivity contribution in [3.63, 3.8) is 0 Å². The van der Waals surface area contributed by atoms with Gasteiger partial charge in [-0.15, -0.1) is 0 Å². The summed E-state index contributed by atoms with van der Waals surface area (Å²) in [7, 11) is -3.43. The van der Waals surface area contributed by atoms with E-state index in [1.807, 2.05) is 38.1 Å². The van der Waals surface area contributed by atoms with Gasteiger partial charge < -0.3 is 4.74 Å². The van der Waals surface area contributed by atoms with Crippen LogP contribution in [0.15, 0.2) is 53.4 Å². The van der Waals surface area contributed by atoms with Crippen molar-refractivity contribution in [1.29, 1.82) is 0 Å². The molecule has 0 bridgehead atoms. The van der Waals surface area contributed by atoms with Gasteiger partial charge in [-0.2, -0.15) is 4.31 Å². The zero-order valence-corrected chi connectivity index (χ0v) is 14.9. The van der Waals surface area contributed by atoms with E-state index in [-0.39, 0.29) is 6.04 Å². The number of benzene rings is 2. The van der Waals surface area contributed by atoms with E-state index in [4.69, 9.17) is 4.74 Å². The number of hydrogen-bond donors (Lipinski definition) is 0. The number of piperidine rings is 1. The fraction of sp³-hybridized carbons (Fsp3) is 0.368. The molecule has 0 amide bonds. The van der Waals surface area contributed by atoms with Crippen molar-refractivity contribution in [2.24, 2.45) is 0 Å². The number of hydrogen-bond acceptors (Lipinski definition) is 3. The monoisotopic (exact) mass is 345 g/mol. The molecule has 1 fully saturated rings. The molecule has 1 aliphatic rings. The van der Waals surface area contributed by atoms with Crippen LogP contribution in [0.1, 0.15) is 31.7 Å². The van der Waals surface area contributed by atoms with Gasteiger partial charge in [0.05, 0.1) is 4.90 Å². The molecule has 1 atom stereocenters. The molecule has 3 rings (SSSR count). The maximum Gasteiger partial charge on any atom is 0.243 e. The highest BCUT2D eigenvalue weighted by atomic mass is 32.2. The summed E-state index contributed by atoms with van der Waals surface area (Å²) in [5, 5.41) is 0. The van der Waals surface area contributed by atoms with Crippen molar-refractivity contribution in [2.45, 2.75) is 44.0 Å². The lowest BCUT2D eigenvalue weighted by Crippen LogP contribution is -2.41. The number of ether oxygens (including phenoxy) is 1. The molecule has 0 radical (unpaired) electrons. The van der Waals surface area contributed by atoms with Crippen LogP contribution in [-0.4, -0.2) is 25.3 Å². The standard InChI is InChI=1S/C19H23NO3S/c1-15-7-3-4-9-19(15)23-17-10-12-18(13-11-17)24(21,22)20-14-6-5-8-16(20)2/h3-4,7,9-13,16H,5-6,8,14H2,1-2H3. The molecule has 1 aliphatic heterocycles. The third-order valence-electron chi connectivity index (χ3n) is 4.49. The molecule has 1 heterocycles. The quantitative estimate of drug-likeness (QED) is 0.827. The lowest BCUT2D eigenvalue weighted by molar-refractivity contribution is 0.268. The maximum absolute atomic E-state index is 12.8. The van der Waals surface area contributed by atoms with E-state index in [9.17, 15) is 8.42 Å². The van der Waals surface area contributed by atoms with Gasteiger partial charge in [-0.1, -0.05) is 24.6 Å². The van der Waals surface area contributed by atoms with E-state index in [0.29, 0.717) is 17.2 Å². The summed E-state index contributed by atoms with van der Waals surface area (Å²) in [6.07, 6.45) is 2.95. The summed E-state index contributed by atoms with van der Waals surface area (Å²) in [6.45, 7) is 4.56. The molecule has 0 N–H and O–H groups in total. The Morgan fingerprint density at radius 3 is 2.42 bits per heavy atom. The molecule has 2 aromatic carbocycles. The first kappa shape index (κ1) is 17.0. The lowest BCUT2D eigenvalue weighted by Gasteiger charge is -2.32. The topological polar surface area (TPSA) is 46.6 Å². The Balaban J connectivity index is 1.80. The first-order valence-corrected chi connectivity index (χ1v) is 9.78. The van der Waals surface area contributed by atoms with Crippen LogP contribution in [0.2, 0.25) is 0 Å². The molecular formula is C19H23NO3S. The zero-order chi connectivity index (χ0) is 17.2. The summed E-state index contributed by atoms with van der Waals surface area (Å²) < 4.78 is 33.1. The van der Waals surface area contributed by atoms with Crippen LogP contribution < -0.4 is 4.74 Å². The minimum absolute atomic E-state index is 0.0617. The number of rotatable bonds is 4. The van der Waals surface area contributed by atoms with Gasteiger partial charge in [-0.25, -0.2) is 8.42 Å². The van der Waals surface area contributed by atoms with Crippen molar-refractivity contribution in [1.82, 2.24) is 4.31 Å². The van der Waals surface area contributed by atoms with Crippen LogP contribution in [0.5, 0.6) is 11.5 Å². The minimum Gasteiger partial charge on any atom is -0.457 e. The summed E-state index contributed by atoms with van der Waals surface area (Å²) >= 11 is 0. The Morgan fingerprint density at radius 2 is 1.75 bits per heavy atom. The van der Waals surface area contributed by atoms with Crippen molar-refractivity contribution >= 4 is 10.0 Å². The van der Waals surface area contributed by atoms with Crippen LogP contribution in [0, 0.1) is 6.92 Å². The normalized spacial score (nSPS) is 19.2. The van der Waals surface area contributed by atoms with Crippen LogP contribution in [0.25, 0.3) is 0 Å². The molecule has 2 aromatic rings. The Hall–Kier alpha value is -1.85. The number of nitrogens with zero attached hydrogens (tertiary/aromatic N) is 1. The van der Waals surface area contributed by atoms with Crippen molar-refractivity contribution in [3.05, 3.63) is 54.1 Å². The number of para-hydroxylation sites is 1. The summed E-state index contributed by atoms with van der Waals surface area (Å²) in [6, 6.07) is 14.5. The first-order valence-electron chi connectivity index (χ1n) is 8.34. The van der Waals surface area contributed by atoms with E-state index in [1.165, 1.54) is 0 Å². The maximum atomic E-state index is 12.8. The number of sulfonamides is 1. The van der Waals surface area contributed by atoms with Gasteiger partial charge in [0.25, 0.3) is 0 Å². The molecule has 1 saturated heterocycles. The summed E-state index contributed by atoms with van der Waals surface area (Å²) in [5.74, 6) is 1.41. The smallest absolute Gasteiger partial charge is 0.243 e. The SMILES string of the molecule is Cc1ccccc1Oc1ccc(S(=O)(=O)N2CCCCC2C)cc1. The zero-order valence-electron chi connectivity index (χ0n) is 14.1. The summed E-state index contributed by atoms with van der Waals surface area (Å²) in [5.41, 5.74) is 1.04. The van der Waals surface area contributed by atoms with Gasteiger partial charge in [-0.05, 0) is 62.6 Å². The average molecular weight is 345 g/mol. The van der Waals surface area contributed by atoms with E-state index < -0.39 is 10.0 Å². The van der Waals surface area contributed by atoms with E-state index >= 15 is 0 Å². The fourth-order valence-corrected chi connectivity index (χ4v) is 4.74. The third kappa shape index (κ3) is 3.47. The Labute approximate surface area is 144 Å². The Morgan fingerprint density at radius 1 is 1.04 bits per heavy atom. The highest BCUT2D eigenvalue weighted by Gasteiger charge is 2.30.